The second-order valence-electron chi connectivity index (χ2n) is 6.20. The van der Waals surface area contributed by atoms with Gasteiger partial charge in [0.15, 0.2) is 0 Å². The molecule has 0 atom stereocenters. The van der Waals surface area contributed by atoms with E-state index in [0.717, 1.165) is 11.1 Å². The van der Waals surface area contributed by atoms with Gasteiger partial charge >= 0.3 is 0 Å². The van der Waals surface area contributed by atoms with Gasteiger partial charge in [0, 0.05) is 13.1 Å². The molecule has 6 nitrogen and oxygen atoms in total. The maximum Gasteiger partial charge on any atom is 0.266 e. The van der Waals surface area contributed by atoms with Crippen LogP contribution < -0.4 is 5.43 Å². The van der Waals surface area contributed by atoms with Crippen LogP contribution in [-0.4, -0.2) is 58.9 Å². The van der Waals surface area contributed by atoms with Crippen LogP contribution in [0, 0.1) is 0 Å². The average molecular weight is 404 g/mol. The summed E-state index contributed by atoms with van der Waals surface area (Å²) in [6.45, 7) is 4.28. The van der Waals surface area contributed by atoms with Gasteiger partial charge in [0.25, 0.3) is 11.8 Å². The summed E-state index contributed by atoms with van der Waals surface area (Å²) in [7, 11) is 0. The molecule has 2 fully saturated rings. The Hall–Kier alpha value is -2.00. The van der Waals surface area contributed by atoms with Gasteiger partial charge in [-0.1, -0.05) is 60.4 Å². The van der Waals surface area contributed by atoms with Crippen LogP contribution >= 0.6 is 24.0 Å². The quantitative estimate of drug-likeness (QED) is 0.601. The Labute approximate surface area is 168 Å². The highest BCUT2D eigenvalue weighted by Crippen LogP contribution is 2.31. The fraction of sp³-hybridized carbons (Fsp3) is 0.316. The van der Waals surface area contributed by atoms with Gasteiger partial charge in [-0.15, -0.1) is 0 Å². The topological polar surface area (TPSA) is 61.9 Å². The molecule has 0 aromatic heterocycles. The third-order valence-electron chi connectivity index (χ3n) is 4.02. The molecule has 0 bridgehead atoms. The van der Waals surface area contributed by atoms with Crippen LogP contribution in [0.15, 0.2) is 46.9 Å². The first-order chi connectivity index (χ1) is 13.0. The molecule has 0 aliphatic carbocycles. The van der Waals surface area contributed by atoms with E-state index in [-0.39, 0.29) is 18.4 Å². The maximum absolute atomic E-state index is 12.6. The summed E-state index contributed by atoms with van der Waals surface area (Å²) in [5.74, 6) is -0.492. The molecule has 2 aliphatic heterocycles. The van der Waals surface area contributed by atoms with Gasteiger partial charge < -0.3 is 4.74 Å². The molecule has 1 aromatic rings. The van der Waals surface area contributed by atoms with Crippen molar-refractivity contribution in [3.63, 3.8) is 0 Å². The van der Waals surface area contributed by atoms with Gasteiger partial charge in [-0.3, -0.25) is 19.9 Å². The first kappa shape index (κ1) is 19.8. The van der Waals surface area contributed by atoms with Gasteiger partial charge in [0.1, 0.15) is 10.9 Å². The number of hydrogen-bond acceptors (Lipinski definition) is 6. The van der Waals surface area contributed by atoms with Crippen molar-refractivity contribution in [1.82, 2.24) is 15.3 Å². The fourth-order valence-electron chi connectivity index (χ4n) is 2.73. The van der Waals surface area contributed by atoms with Crippen LogP contribution in [0.2, 0.25) is 0 Å². The van der Waals surface area contributed by atoms with E-state index in [1.54, 1.807) is 5.01 Å². The van der Waals surface area contributed by atoms with Crippen molar-refractivity contribution in [2.75, 3.05) is 32.8 Å². The summed E-state index contributed by atoms with van der Waals surface area (Å²) in [5.41, 5.74) is 4.80. The molecule has 2 amide bonds. The van der Waals surface area contributed by atoms with E-state index in [4.69, 9.17) is 17.0 Å². The lowest BCUT2D eigenvalue weighted by molar-refractivity contribution is -0.132. The third kappa shape index (κ3) is 5.49. The number of nitrogens with zero attached hydrogens (tertiary/aromatic N) is 2. The number of rotatable bonds is 5. The lowest BCUT2D eigenvalue weighted by Gasteiger charge is -2.27. The normalized spacial score (nSPS) is 20.4. The average Bonchev–Trinajstić information content (AvgIpc) is 2.90. The highest BCUT2D eigenvalue weighted by molar-refractivity contribution is 8.26. The molecule has 2 heterocycles. The zero-order chi connectivity index (χ0) is 19.2. The number of thiocarbonyl (C=S) groups is 1. The predicted molar refractivity (Wildman–Crippen MR) is 111 cm³/mol. The number of amides is 2. The van der Waals surface area contributed by atoms with Crippen LogP contribution in [0.3, 0.4) is 0 Å². The zero-order valence-corrected chi connectivity index (χ0v) is 16.6. The predicted octanol–water partition coefficient (Wildman–Crippen LogP) is 2.20. The zero-order valence-electron chi connectivity index (χ0n) is 15.0. The van der Waals surface area contributed by atoms with Gasteiger partial charge in [-0.25, -0.2) is 5.01 Å². The number of morpholine rings is 1. The number of thioether (sulfide) groups is 1. The summed E-state index contributed by atoms with van der Waals surface area (Å²) in [6.07, 6.45) is 3.81. The van der Waals surface area contributed by atoms with Gasteiger partial charge in [-0.2, -0.15) is 0 Å². The lowest BCUT2D eigenvalue weighted by atomic mass is 10.1. The van der Waals surface area contributed by atoms with E-state index in [0.29, 0.717) is 35.5 Å². The van der Waals surface area contributed by atoms with Gasteiger partial charge in [0.2, 0.25) is 0 Å². The highest BCUT2D eigenvalue weighted by Gasteiger charge is 2.33. The number of ether oxygens (including phenoxy) is 1. The minimum atomic E-state index is -0.258. The number of hydrazine groups is 1. The Morgan fingerprint density at radius 2 is 2.00 bits per heavy atom. The fourth-order valence-corrected chi connectivity index (χ4v) is 4.03. The molecule has 3 rings (SSSR count). The largest absolute Gasteiger partial charge is 0.379 e. The van der Waals surface area contributed by atoms with Crippen LogP contribution in [0.4, 0.5) is 0 Å². The highest BCUT2D eigenvalue weighted by atomic mass is 32.2. The minimum absolute atomic E-state index is 0.0825. The molecule has 0 radical (unpaired) electrons. The minimum Gasteiger partial charge on any atom is -0.379 e. The number of allylic oxidation sites excluding steroid dienone is 2. The van der Waals surface area contributed by atoms with E-state index in [1.807, 2.05) is 49.4 Å². The first-order valence-electron chi connectivity index (χ1n) is 8.64. The molecule has 0 saturated carbocycles. The number of carbonyl (C=O) groups is 2. The van der Waals surface area contributed by atoms with Crippen LogP contribution in [0.1, 0.15) is 12.5 Å². The molecule has 8 heteroatoms. The van der Waals surface area contributed by atoms with Gasteiger partial charge in [0.05, 0.1) is 18.1 Å². The Kier molecular flexibility index (Phi) is 6.78. The van der Waals surface area contributed by atoms with Crippen LogP contribution in [-0.2, 0) is 14.3 Å². The second-order valence-corrected chi connectivity index (χ2v) is 7.88. The van der Waals surface area contributed by atoms with Crippen molar-refractivity contribution in [3.05, 3.63) is 52.4 Å². The summed E-state index contributed by atoms with van der Waals surface area (Å²) in [4.78, 5) is 26.8. The van der Waals surface area contributed by atoms with Crippen molar-refractivity contribution in [2.45, 2.75) is 6.92 Å². The summed E-state index contributed by atoms with van der Waals surface area (Å²) in [6, 6.07) is 9.88. The first-order valence-corrected chi connectivity index (χ1v) is 9.86. The van der Waals surface area contributed by atoms with Crippen molar-refractivity contribution in [3.8, 4) is 0 Å². The van der Waals surface area contributed by atoms with Crippen LogP contribution in [0.5, 0.6) is 0 Å². The number of carbonyl (C=O) groups excluding carboxylic acids is 2. The summed E-state index contributed by atoms with van der Waals surface area (Å²) in [5, 5.41) is 1.80. The molecule has 1 aromatic carbocycles. The summed E-state index contributed by atoms with van der Waals surface area (Å²) >= 11 is 6.52. The SMILES string of the molecule is CC(=Cc1ccccc1)C=C1SC(=S)N(CC(=O)NN2CCOCC2)C1=O. The molecule has 2 aliphatic rings. The van der Waals surface area contributed by atoms with E-state index in [2.05, 4.69) is 5.43 Å². The molecule has 142 valence electrons. The van der Waals surface area contributed by atoms with Crippen LogP contribution in [0.25, 0.3) is 6.08 Å². The van der Waals surface area contributed by atoms with E-state index in [9.17, 15) is 9.59 Å². The van der Waals surface area contributed by atoms with E-state index < -0.39 is 0 Å². The van der Waals surface area contributed by atoms with Gasteiger partial charge in [-0.05, 0) is 24.1 Å². The molecule has 0 unspecified atom stereocenters. The van der Waals surface area contributed by atoms with E-state index in [1.165, 1.54) is 16.7 Å². The number of hydrogen-bond donors (Lipinski definition) is 1. The summed E-state index contributed by atoms with van der Waals surface area (Å²) < 4.78 is 5.65. The van der Waals surface area contributed by atoms with Crippen molar-refractivity contribution in [1.29, 1.82) is 0 Å². The number of benzene rings is 1. The Morgan fingerprint density at radius 3 is 2.70 bits per heavy atom. The molecule has 2 saturated heterocycles. The third-order valence-corrected chi connectivity index (χ3v) is 5.40. The lowest BCUT2D eigenvalue weighted by Crippen LogP contribution is -2.51. The molecule has 1 N–H and O–H groups in total. The number of nitrogens with one attached hydrogen (secondary N) is 1. The second kappa shape index (κ2) is 9.27. The maximum atomic E-state index is 12.6. The smallest absolute Gasteiger partial charge is 0.266 e. The molecular formula is C19H21N3O3S2. The Bertz CT molecular complexity index is 787. The van der Waals surface area contributed by atoms with Crippen molar-refractivity contribution < 1.29 is 14.3 Å². The Morgan fingerprint density at radius 1 is 1.30 bits per heavy atom. The standard InChI is InChI=1S/C19H21N3O3S2/c1-14(11-15-5-3-2-4-6-15)12-16-18(24)22(19(26)27-16)13-17(23)20-21-7-9-25-10-8-21/h2-6,11-12H,7-10,13H2,1H3,(H,20,23). The van der Waals surface area contributed by atoms with Crippen molar-refractivity contribution in [2.24, 2.45) is 0 Å². The monoisotopic (exact) mass is 403 g/mol. The Balaban J connectivity index is 1.62. The van der Waals surface area contributed by atoms with E-state index >= 15 is 0 Å². The van der Waals surface area contributed by atoms with Crippen molar-refractivity contribution >= 4 is 46.2 Å². The molecule has 0 spiro atoms. The molecule has 27 heavy (non-hydrogen) atoms. The molecular weight excluding hydrogens is 382 g/mol.